The highest BCUT2D eigenvalue weighted by molar-refractivity contribution is 5.84. The summed E-state index contributed by atoms with van der Waals surface area (Å²) in [5.74, 6) is 3.50. The summed E-state index contributed by atoms with van der Waals surface area (Å²) in [6.07, 6.45) is 14.8. The normalized spacial score (nSPS) is 55.8. The molecule has 6 rings (SSSR count). The molecule has 1 saturated heterocycles. The van der Waals surface area contributed by atoms with Crippen molar-refractivity contribution in [1.29, 1.82) is 0 Å². The van der Waals surface area contributed by atoms with Gasteiger partial charge in [0.15, 0.2) is 0 Å². The highest BCUT2D eigenvalue weighted by Gasteiger charge is 2.73. The number of hydrogen-bond acceptors (Lipinski definition) is 2. The average Bonchev–Trinajstić information content (AvgIpc) is 3.10. The van der Waals surface area contributed by atoms with Crippen molar-refractivity contribution in [1.82, 2.24) is 0 Å². The van der Waals surface area contributed by atoms with Gasteiger partial charge in [-0.25, -0.2) is 0 Å². The van der Waals surface area contributed by atoms with Crippen LogP contribution in [-0.4, -0.2) is 18.5 Å². The van der Waals surface area contributed by atoms with Gasteiger partial charge in [0.1, 0.15) is 5.78 Å². The Hall–Kier alpha value is -0.630. The van der Waals surface area contributed by atoms with Crippen molar-refractivity contribution in [2.75, 3.05) is 6.61 Å². The molecule has 0 spiro atoms. The van der Waals surface area contributed by atoms with Crippen LogP contribution in [0.5, 0.6) is 0 Å². The van der Waals surface area contributed by atoms with E-state index < -0.39 is 0 Å². The molecule has 6 aliphatic rings. The fourth-order valence-corrected chi connectivity index (χ4v) is 12.6. The Morgan fingerprint density at radius 1 is 0.886 bits per heavy atom. The maximum absolute atomic E-state index is 13.7. The summed E-state index contributed by atoms with van der Waals surface area (Å²) in [6.45, 7) is 22.8. The summed E-state index contributed by atoms with van der Waals surface area (Å²) < 4.78 is 6.72. The van der Waals surface area contributed by atoms with Gasteiger partial charge in [-0.2, -0.15) is 0 Å². The van der Waals surface area contributed by atoms with Crippen LogP contribution in [0.25, 0.3) is 0 Å². The molecule has 0 N–H and O–H groups in total. The minimum Gasteiger partial charge on any atom is -0.377 e. The van der Waals surface area contributed by atoms with Crippen LogP contribution in [0.15, 0.2) is 12.7 Å². The van der Waals surface area contributed by atoms with Gasteiger partial charge in [-0.15, -0.1) is 6.58 Å². The van der Waals surface area contributed by atoms with E-state index in [1.807, 2.05) is 6.08 Å². The van der Waals surface area contributed by atoms with Gasteiger partial charge < -0.3 is 4.74 Å². The van der Waals surface area contributed by atoms with Gasteiger partial charge in [-0.1, -0.05) is 54.5 Å². The molecule has 0 aromatic heterocycles. The highest BCUT2D eigenvalue weighted by atomic mass is 16.5. The molecular formula is C33H52O2. The summed E-state index contributed by atoms with van der Waals surface area (Å²) >= 11 is 0. The van der Waals surface area contributed by atoms with Crippen molar-refractivity contribution in [3.63, 3.8) is 0 Å². The van der Waals surface area contributed by atoms with E-state index in [1.54, 1.807) is 0 Å². The number of ether oxygens (including phenoxy) is 1. The number of hydrogen-bond donors (Lipinski definition) is 0. The lowest BCUT2D eigenvalue weighted by Gasteiger charge is -2.73. The molecule has 10 atom stereocenters. The molecule has 0 unspecified atom stereocenters. The van der Waals surface area contributed by atoms with Crippen molar-refractivity contribution >= 4 is 5.78 Å². The van der Waals surface area contributed by atoms with Gasteiger partial charge in [0.05, 0.1) is 12.7 Å². The first-order valence-electron chi connectivity index (χ1n) is 15.0. The second-order valence-corrected chi connectivity index (χ2v) is 16.3. The first-order chi connectivity index (χ1) is 16.3. The molecule has 0 aromatic rings. The average molecular weight is 481 g/mol. The van der Waals surface area contributed by atoms with Crippen LogP contribution in [0.2, 0.25) is 0 Å². The molecule has 5 aliphatic carbocycles. The second kappa shape index (κ2) is 7.27. The van der Waals surface area contributed by atoms with Gasteiger partial charge in [-0.3, -0.25) is 4.79 Å². The Balaban J connectivity index is 1.38. The third kappa shape index (κ3) is 2.85. The van der Waals surface area contributed by atoms with Crippen LogP contribution in [0.4, 0.5) is 0 Å². The van der Waals surface area contributed by atoms with Crippen LogP contribution in [0.3, 0.4) is 0 Å². The summed E-state index contributed by atoms with van der Waals surface area (Å²) in [5, 5.41) is 0. The van der Waals surface area contributed by atoms with E-state index in [-0.39, 0.29) is 16.7 Å². The maximum atomic E-state index is 13.7. The van der Waals surface area contributed by atoms with Crippen molar-refractivity contribution < 1.29 is 9.53 Å². The van der Waals surface area contributed by atoms with Crippen molar-refractivity contribution in [3.8, 4) is 0 Å². The highest BCUT2D eigenvalue weighted by Crippen LogP contribution is 2.78. The number of carbonyl (C=O) groups excluding carboxylic acids is 1. The van der Waals surface area contributed by atoms with Crippen molar-refractivity contribution in [3.05, 3.63) is 12.7 Å². The Kier molecular flexibility index (Phi) is 5.13. The zero-order chi connectivity index (χ0) is 25.2. The fourth-order valence-electron chi connectivity index (χ4n) is 12.6. The summed E-state index contributed by atoms with van der Waals surface area (Å²) in [6, 6.07) is 0. The predicted molar refractivity (Wildman–Crippen MR) is 143 cm³/mol. The smallest absolute Gasteiger partial charge is 0.137 e. The molecule has 2 bridgehead atoms. The SMILES string of the molecule is C=CC[C@@H]1C(=O)C[C@]2(C)[C@H]3CC[C@@H]4[C@H]5[C@H]6OC[C@@]5(CCC6(C)C)CC[C@@]4(C)[C@]3(C)CC[C@H]2C1(C)C. The lowest BCUT2D eigenvalue weighted by molar-refractivity contribution is -0.244. The third-order valence-electron chi connectivity index (χ3n) is 14.5. The van der Waals surface area contributed by atoms with E-state index in [9.17, 15) is 4.79 Å². The molecular weight excluding hydrogens is 428 g/mol. The molecule has 6 fully saturated rings. The molecule has 0 amide bonds. The van der Waals surface area contributed by atoms with Crippen LogP contribution < -0.4 is 0 Å². The minimum absolute atomic E-state index is 0.0638. The first-order valence-corrected chi connectivity index (χ1v) is 15.0. The van der Waals surface area contributed by atoms with Crippen LogP contribution in [0, 0.1) is 62.1 Å². The number of carbonyl (C=O) groups is 1. The van der Waals surface area contributed by atoms with Gasteiger partial charge in [-0.05, 0) is 114 Å². The number of Topliss-reactive ketones (excluding diaryl/α,β-unsaturated/α-hetero) is 1. The van der Waals surface area contributed by atoms with E-state index in [2.05, 4.69) is 55.0 Å². The fraction of sp³-hybridized carbons (Fsp3) is 0.909. The summed E-state index contributed by atoms with van der Waals surface area (Å²) in [4.78, 5) is 13.7. The Morgan fingerprint density at radius 2 is 1.60 bits per heavy atom. The van der Waals surface area contributed by atoms with Gasteiger partial charge >= 0.3 is 0 Å². The molecule has 0 aromatic carbocycles. The summed E-state index contributed by atoms with van der Waals surface area (Å²) in [5.41, 5.74) is 1.65. The lowest BCUT2D eigenvalue weighted by Crippen LogP contribution is -2.68. The third-order valence-corrected chi connectivity index (χ3v) is 14.5. The van der Waals surface area contributed by atoms with E-state index >= 15 is 0 Å². The molecule has 35 heavy (non-hydrogen) atoms. The van der Waals surface area contributed by atoms with Crippen molar-refractivity contribution in [2.45, 2.75) is 119 Å². The molecule has 1 aliphatic heterocycles. The quantitative estimate of drug-likeness (QED) is 0.372. The topological polar surface area (TPSA) is 26.3 Å². The zero-order valence-corrected chi connectivity index (χ0v) is 23.8. The standard InChI is InChI=1S/C33H52O2/c1-9-10-21-23(34)19-30(6)24(29(21,4)5)13-14-32(8)25(30)12-11-22-26-27-28(2,3)15-17-33(26,20-35-27)18-16-31(22,32)7/h9,21-22,24-27H,1,10-20H2,2-8H3/t21-,22-,24+,25-,26+,27-,30+,31-,32-,33-/m1/s1. The molecule has 2 nitrogen and oxygen atoms in total. The second-order valence-electron chi connectivity index (χ2n) is 16.3. The maximum Gasteiger partial charge on any atom is 0.137 e. The van der Waals surface area contributed by atoms with Crippen LogP contribution >= 0.6 is 0 Å². The Bertz CT molecular complexity index is 931. The van der Waals surface area contributed by atoms with E-state index in [4.69, 9.17) is 4.74 Å². The molecule has 1 heterocycles. The van der Waals surface area contributed by atoms with Crippen molar-refractivity contribution in [2.24, 2.45) is 62.1 Å². The van der Waals surface area contributed by atoms with Gasteiger partial charge in [0.25, 0.3) is 0 Å². The number of ketones is 1. The van der Waals surface area contributed by atoms with E-state index in [0.29, 0.717) is 45.4 Å². The monoisotopic (exact) mass is 480 g/mol. The minimum atomic E-state index is 0.0638. The lowest BCUT2D eigenvalue weighted by atomic mass is 9.31. The number of fused-ring (bicyclic) bond motifs is 5. The molecule has 0 radical (unpaired) electrons. The zero-order valence-electron chi connectivity index (χ0n) is 23.8. The first kappa shape index (κ1) is 24.7. The van der Waals surface area contributed by atoms with E-state index in [1.165, 1.54) is 51.4 Å². The largest absolute Gasteiger partial charge is 0.377 e. The Morgan fingerprint density at radius 3 is 2.31 bits per heavy atom. The molecule has 5 saturated carbocycles. The predicted octanol–water partition coefficient (Wildman–Crippen LogP) is 8.25. The van der Waals surface area contributed by atoms with Gasteiger partial charge in [0, 0.05) is 12.3 Å². The number of allylic oxidation sites excluding steroid dienone is 1. The summed E-state index contributed by atoms with van der Waals surface area (Å²) in [7, 11) is 0. The Labute approximate surface area is 215 Å². The van der Waals surface area contributed by atoms with E-state index in [0.717, 1.165) is 31.3 Å². The van der Waals surface area contributed by atoms with Crippen LogP contribution in [0.1, 0.15) is 113 Å². The van der Waals surface area contributed by atoms with Crippen LogP contribution in [-0.2, 0) is 9.53 Å². The molecule has 196 valence electrons. The number of rotatable bonds is 2. The molecule has 2 heteroatoms. The van der Waals surface area contributed by atoms with Gasteiger partial charge in [0.2, 0.25) is 0 Å².